The molecule has 0 amide bonds. The number of aliphatic hydroxyl groups is 2. The van der Waals surface area contributed by atoms with Gasteiger partial charge in [-0.05, 0) is 67.3 Å². The van der Waals surface area contributed by atoms with E-state index in [1.54, 1.807) is 6.07 Å². The Balaban J connectivity index is 1.37. The summed E-state index contributed by atoms with van der Waals surface area (Å²) in [5, 5.41) is 22.3. The molecular weight excluding hydrogens is 435 g/mol. The Hall–Kier alpha value is -1.34. The molecule has 2 aromatic rings. The second kappa shape index (κ2) is 11.5. The lowest BCUT2D eigenvalue weighted by molar-refractivity contribution is 0.0333. The zero-order chi connectivity index (χ0) is 22.4. The molecule has 0 aromatic heterocycles. The molecule has 2 atom stereocenters. The summed E-state index contributed by atoms with van der Waals surface area (Å²) in [6.45, 7) is 8.92. The fraction of sp³-hybridized carbons (Fsp3) is 0.500. The van der Waals surface area contributed by atoms with Gasteiger partial charge in [0.15, 0.2) is 0 Å². The molecule has 0 aliphatic carbocycles. The predicted molar refractivity (Wildman–Crippen MR) is 126 cm³/mol. The van der Waals surface area contributed by atoms with E-state index in [1.165, 1.54) is 0 Å². The van der Waals surface area contributed by atoms with E-state index in [-0.39, 0.29) is 6.61 Å². The summed E-state index contributed by atoms with van der Waals surface area (Å²) in [5.41, 5.74) is 3.21. The van der Waals surface area contributed by atoms with Crippen molar-refractivity contribution >= 4 is 23.2 Å². The number of piperazine rings is 1. The Bertz CT molecular complexity index is 857. The van der Waals surface area contributed by atoms with Crippen LogP contribution in [0.1, 0.15) is 16.7 Å². The lowest BCUT2D eigenvalue weighted by Crippen LogP contribution is -2.50. The molecule has 0 spiro atoms. The highest BCUT2D eigenvalue weighted by Gasteiger charge is 2.21. The molecule has 31 heavy (non-hydrogen) atoms. The van der Waals surface area contributed by atoms with Gasteiger partial charge in [-0.3, -0.25) is 9.80 Å². The van der Waals surface area contributed by atoms with Crippen LogP contribution in [0.15, 0.2) is 36.4 Å². The molecule has 7 heteroatoms. The minimum absolute atomic E-state index is 0.252. The average molecular weight is 467 g/mol. The van der Waals surface area contributed by atoms with E-state index in [9.17, 15) is 10.2 Å². The second-order valence-electron chi connectivity index (χ2n) is 8.40. The molecule has 5 nitrogen and oxygen atoms in total. The van der Waals surface area contributed by atoms with E-state index >= 15 is 0 Å². The molecule has 1 saturated heterocycles. The number of hydrogen-bond donors (Lipinski definition) is 2. The van der Waals surface area contributed by atoms with Gasteiger partial charge in [0.25, 0.3) is 0 Å². The lowest BCUT2D eigenvalue weighted by Gasteiger charge is -2.36. The van der Waals surface area contributed by atoms with Gasteiger partial charge in [0.2, 0.25) is 0 Å². The summed E-state index contributed by atoms with van der Waals surface area (Å²) in [6.07, 6.45) is -0.336. The predicted octanol–water partition coefficient (Wildman–Crippen LogP) is 3.57. The summed E-state index contributed by atoms with van der Waals surface area (Å²) in [4.78, 5) is 4.53. The van der Waals surface area contributed by atoms with Gasteiger partial charge in [0.05, 0.1) is 6.10 Å². The van der Waals surface area contributed by atoms with Gasteiger partial charge in [0.1, 0.15) is 18.5 Å². The molecule has 0 unspecified atom stereocenters. The van der Waals surface area contributed by atoms with E-state index in [2.05, 4.69) is 9.80 Å². The van der Waals surface area contributed by atoms with Crippen LogP contribution in [0.3, 0.4) is 0 Å². The fourth-order valence-electron chi connectivity index (χ4n) is 3.97. The highest BCUT2D eigenvalue weighted by atomic mass is 35.5. The first-order chi connectivity index (χ1) is 14.8. The number of benzene rings is 2. The largest absolute Gasteiger partial charge is 0.491 e. The first-order valence-electron chi connectivity index (χ1n) is 10.7. The summed E-state index contributed by atoms with van der Waals surface area (Å²) >= 11 is 12.0. The van der Waals surface area contributed by atoms with Crippen molar-refractivity contribution < 1.29 is 14.9 Å². The number of nitrogens with zero attached hydrogens (tertiary/aromatic N) is 2. The molecule has 1 aliphatic rings. The number of rotatable bonds is 9. The Morgan fingerprint density at radius 3 is 1.97 bits per heavy atom. The minimum Gasteiger partial charge on any atom is -0.491 e. The third-order valence-electron chi connectivity index (χ3n) is 5.73. The molecule has 3 rings (SSSR count). The second-order valence-corrected chi connectivity index (χ2v) is 9.28. The van der Waals surface area contributed by atoms with Gasteiger partial charge in [-0.2, -0.15) is 0 Å². The van der Waals surface area contributed by atoms with Crippen LogP contribution in [0.4, 0.5) is 0 Å². The summed E-state index contributed by atoms with van der Waals surface area (Å²) in [6, 6.07) is 11.3. The summed E-state index contributed by atoms with van der Waals surface area (Å²) < 4.78 is 5.76. The summed E-state index contributed by atoms with van der Waals surface area (Å²) in [5.74, 6) is 0.748. The van der Waals surface area contributed by atoms with E-state index in [1.807, 2.05) is 44.2 Å². The van der Waals surface area contributed by atoms with Crippen molar-refractivity contribution in [1.29, 1.82) is 0 Å². The van der Waals surface area contributed by atoms with Crippen molar-refractivity contribution in [2.75, 3.05) is 45.9 Å². The lowest BCUT2D eigenvalue weighted by atomic mass is 10.0. The molecule has 1 fully saturated rings. The number of β-amino-alcohol motifs (C(OH)–C–C–N with tert-alkyl or cyclic N) is 2. The Morgan fingerprint density at radius 1 is 0.839 bits per heavy atom. The van der Waals surface area contributed by atoms with Crippen molar-refractivity contribution in [3.8, 4) is 5.75 Å². The first kappa shape index (κ1) is 24.3. The normalized spacial score (nSPS) is 17.5. The molecule has 0 bridgehead atoms. The van der Waals surface area contributed by atoms with Crippen LogP contribution < -0.4 is 4.74 Å². The SMILES string of the molecule is Cc1cc(Cl)ccc1C[C@@H](O)CN1CCN(C[C@H](O)COc2ccc(Cl)cc2C)CC1. The monoisotopic (exact) mass is 466 g/mol. The van der Waals surface area contributed by atoms with Crippen molar-refractivity contribution in [2.45, 2.75) is 32.5 Å². The number of aryl methyl sites for hydroxylation is 2. The molecule has 0 radical (unpaired) electrons. The van der Waals surface area contributed by atoms with E-state index < -0.39 is 12.2 Å². The van der Waals surface area contributed by atoms with Crippen LogP contribution in [0.2, 0.25) is 10.0 Å². The number of halogens is 2. The van der Waals surface area contributed by atoms with Crippen molar-refractivity contribution in [3.05, 3.63) is 63.1 Å². The molecule has 0 saturated carbocycles. The zero-order valence-corrected chi connectivity index (χ0v) is 19.7. The first-order valence-corrected chi connectivity index (χ1v) is 11.5. The van der Waals surface area contributed by atoms with Crippen LogP contribution in [-0.4, -0.2) is 78.1 Å². The number of ether oxygens (including phenoxy) is 1. The van der Waals surface area contributed by atoms with Crippen LogP contribution in [0, 0.1) is 13.8 Å². The number of hydrogen-bond acceptors (Lipinski definition) is 5. The number of aliphatic hydroxyl groups excluding tert-OH is 2. The molecule has 2 aromatic carbocycles. The van der Waals surface area contributed by atoms with Crippen molar-refractivity contribution in [3.63, 3.8) is 0 Å². The maximum atomic E-state index is 10.5. The van der Waals surface area contributed by atoms with Crippen LogP contribution in [0.25, 0.3) is 0 Å². The molecule has 2 N–H and O–H groups in total. The Labute approximate surface area is 195 Å². The maximum Gasteiger partial charge on any atom is 0.122 e. The van der Waals surface area contributed by atoms with Gasteiger partial charge in [-0.15, -0.1) is 0 Å². The van der Waals surface area contributed by atoms with Crippen LogP contribution in [0.5, 0.6) is 5.75 Å². The molecule has 1 aliphatic heterocycles. The van der Waals surface area contributed by atoms with Gasteiger partial charge in [0, 0.05) is 49.3 Å². The van der Waals surface area contributed by atoms with E-state index in [4.69, 9.17) is 27.9 Å². The maximum absolute atomic E-state index is 10.5. The van der Waals surface area contributed by atoms with E-state index in [0.717, 1.165) is 53.6 Å². The van der Waals surface area contributed by atoms with Crippen molar-refractivity contribution in [1.82, 2.24) is 9.80 Å². The van der Waals surface area contributed by atoms with Gasteiger partial charge < -0.3 is 14.9 Å². The molecule has 1 heterocycles. The quantitative estimate of drug-likeness (QED) is 0.591. The van der Waals surface area contributed by atoms with Crippen molar-refractivity contribution in [2.24, 2.45) is 0 Å². The minimum atomic E-state index is -0.555. The smallest absolute Gasteiger partial charge is 0.122 e. The Morgan fingerprint density at radius 2 is 1.39 bits per heavy atom. The third kappa shape index (κ3) is 7.63. The average Bonchev–Trinajstić information content (AvgIpc) is 2.71. The molecule has 170 valence electrons. The Kier molecular flexibility index (Phi) is 9.02. The summed E-state index contributed by atoms with van der Waals surface area (Å²) in [7, 11) is 0. The highest BCUT2D eigenvalue weighted by Crippen LogP contribution is 2.22. The molecular formula is C24H32Cl2N2O3. The zero-order valence-electron chi connectivity index (χ0n) is 18.2. The van der Waals surface area contributed by atoms with Gasteiger partial charge in [-0.1, -0.05) is 29.3 Å². The van der Waals surface area contributed by atoms with Crippen LogP contribution >= 0.6 is 23.2 Å². The van der Waals surface area contributed by atoms with Gasteiger partial charge >= 0.3 is 0 Å². The standard InChI is InChI=1S/C24H32Cl2N2O3/c1-17-11-20(25)4-3-19(17)13-22(29)14-27-7-9-28(10-8-27)15-23(30)16-31-24-6-5-21(26)12-18(24)2/h3-6,11-12,22-23,29-30H,7-10,13-16H2,1-2H3/t22-,23+/m1/s1. The third-order valence-corrected chi connectivity index (χ3v) is 6.20. The van der Waals surface area contributed by atoms with E-state index in [0.29, 0.717) is 24.5 Å². The fourth-order valence-corrected chi connectivity index (χ4v) is 4.42. The topological polar surface area (TPSA) is 56.2 Å². The van der Waals surface area contributed by atoms with Gasteiger partial charge in [-0.25, -0.2) is 0 Å². The van der Waals surface area contributed by atoms with Crippen LogP contribution in [-0.2, 0) is 6.42 Å². The highest BCUT2D eigenvalue weighted by molar-refractivity contribution is 6.30.